The number of hydrogen-bond acceptors (Lipinski definition) is 1. The highest BCUT2D eigenvalue weighted by Gasteiger charge is 2.25. The lowest BCUT2D eigenvalue weighted by Gasteiger charge is -2.05. The fraction of sp³-hybridized carbons (Fsp3) is 1.00. The molecular formula is C6H12F3N. The zero-order valence-electron chi connectivity index (χ0n) is 5.96. The maximum atomic E-state index is 11.5. The molecule has 0 rings (SSSR count). The molecule has 4 heteroatoms. The summed E-state index contributed by atoms with van der Waals surface area (Å²) >= 11 is 0. The molecule has 0 aliphatic heterocycles. The predicted octanol–water partition coefficient (Wildman–Crippen LogP) is 1.94. The van der Waals surface area contributed by atoms with Gasteiger partial charge in [-0.25, -0.2) is 0 Å². The van der Waals surface area contributed by atoms with E-state index in [9.17, 15) is 13.2 Å². The van der Waals surface area contributed by atoms with E-state index in [0.29, 0.717) is 6.54 Å². The number of nitrogens with one attached hydrogen (secondary N) is 1. The molecule has 0 saturated carbocycles. The Labute approximate surface area is 58.6 Å². The van der Waals surface area contributed by atoms with Gasteiger partial charge in [0.1, 0.15) is 0 Å². The molecule has 1 nitrogen and oxygen atoms in total. The highest BCUT2D eigenvalue weighted by atomic mass is 19.4. The third-order valence-corrected chi connectivity index (χ3v) is 1.06. The average molecular weight is 155 g/mol. The van der Waals surface area contributed by atoms with E-state index in [4.69, 9.17) is 0 Å². The number of hydrogen-bond donors (Lipinski definition) is 1. The summed E-state index contributed by atoms with van der Waals surface area (Å²) in [6.45, 7) is 3.06. The van der Waals surface area contributed by atoms with E-state index in [1.54, 1.807) is 0 Å². The summed E-state index contributed by atoms with van der Waals surface area (Å²) in [6.07, 6.45) is -4.49. The molecule has 0 heterocycles. The van der Waals surface area contributed by atoms with Crippen LogP contribution >= 0.6 is 0 Å². The molecule has 0 aromatic rings. The Morgan fingerprint density at radius 3 is 2.30 bits per heavy atom. The van der Waals surface area contributed by atoms with Gasteiger partial charge in [0, 0.05) is 6.42 Å². The lowest BCUT2D eigenvalue weighted by Crippen LogP contribution is -2.17. The third kappa shape index (κ3) is 7.75. The summed E-state index contributed by atoms with van der Waals surface area (Å²) in [4.78, 5) is 0. The van der Waals surface area contributed by atoms with Crippen molar-refractivity contribution in [1.29, 1.82) is 0 Å². The smallest absolute Gasteiger partial charge is 0.317 e. The Kier molecular flexibility index (Phi) is 4.43. The van der Waals surface area contributed by atoms with Gasteiger partial charge in [0.2, 0.25) is 0 Å². The molecule has 62 valence electrons. The Balaban J connectivity index is 3.04. The SMILES string of the molecule is CCNCCCC(F)(F)F. The Morgan fingerprint density at radius 1 is 1.30 bits per heavy atom. The first-order valence-corrected chi connectivity index (χ1v) is 3.33. The van der Waals surface area contributed by atoms with Crippen molar-refractivity contribution in [3.8, 4) is 0 Å². The van der Waals surface area contributed by atoms with Gasteiger partial charge in [0.25, 0.3) is 0 Å². The van der Waals surface area contributed by atoms with Gasteiger partial charge in [-0.1, -0.05) is 6.92 Å². The van der Waals surface area contributed by atoms with Crippen LogP contribution in [0.2, 0.25) is 0 Å². The monoisotopic (exact) mass is 155 g/mol. The molecule has 0 bridgehead atoms. The molecule has 0 aliphatic carbocycles. The van der Waals surface area contributed by atoms with Crippen molar-refractivity contribution in [2.45, 2.75) is 25.9 Å². The molecule has 0 radical (unpaired) electrons. The largest absolute Gasteiger partial charge is 0.389 e. The maximum absolute atomic E-state index is 11.5. The van der Waals surface area contributed by atoms with Crippen molar-refractivity contribution >= 4 is 0 Å². The van der Waals surface area contributed by atoms with Crippen LogP contribution in [0.25, 0.3) is 0 Å². The molecule has 0 unspecified atom stereocenters. The molecule has 0 saturated heterocycles. The molecule has 0 fully saturated rings. The first-order chi connectivity index (χ1) is 4.56. The number of rotatable bonds is 4. The molecule has 0 aromatic carbocycles. The minimum atomic E-state index is -3.99. The van der Waals surface area contributed by atoms with Gasteiger partial charge in [0.05, 0.1) is 0 Å². The van der Waals surface area contributed by atoms with Crippen LogP contribution in [0.4, 0.5) is 13.2 Å². The van der Waals surface area contributed by atoms with E-state index in [2.05, 4.69) is 5.32 Å². The van der Waals surface area contributed by atoms with Crippen molar-refractivity contribution < 1.29 is 13.2 Å². The summed E-state index contributed by atoms with van der Waals surface area (Å²) in [5.41, 5.74) is 0. The maximum Gasteiger partial charge on any atom is 0.389 e. The van der Waals surface area contributed by atoms with Crippen molar-refractivity contribution in [2.75, 3.05) is 13.1 Å². The van der Waals surface area contributed by atoms with Crippen LogP contribution in [0.1, 0.15) is 19.8 Å². The van der Waals surface area contributed by atoms with Crippen molar-refractivity contribution in [1.82, 2.24) is 5.32 Å². The van der Waals surface area contributed by atoms with E-state index in [-0.39, 0.29) is 6.42 Å². The lowest BCUT2D eigenvalue weighted by molar-refractivity contribution is -0.135. The van der Waals surface area contributed by atoms with Crippen LogP contribution in [-0.4, -0.2) is 19.3 Å². The first kappa shape index (κ1) is 9.75. The molecule has 0 aromatic heterocycles. The number of halogens is 3. The van der Waals surface area contributed by atoms with E-state index in [1.165, 1.54) is 0 Å². The van der Waals surface area contributed by atoms with Crippen LogP contribution in [0, 0.1) is 0 Å². The van der Waals surface area contributed by atoms with Crippen LogP contribution in [0.3, 0.4) is 0 Å². The highest BCUT2D eigenvalue weighted by molar-refractivity contribution is 4.52. The zero-order chi connectivity index (χ0) is 8.04. The second-order valence-electron chi connectivity index (χ2n) is 2.07. The quantitative estimate of drug-likeness (QED) is 0.612. The van der Waals surface area contributed by atoms with Crippen molar-refractivity contribution in [3.63, 3.8) is 0 Å². The summed E-state index contributed by atoms with van der Waals surface area (Å²) in [7, 11) is 0. The molecule has 1 N–H and O–H groups in total. The summed E-state index contributed by atoms with van der Waals surface area (Å²) in [5, 5.41) is 2.82. The predicted molar refractivity (Wildman–Crippen MR) is 33.8 cm³/mol. The van der Waals surface area contributed by atoms with Crippen LogP contribution in [0.5, 0.6) is 0 Å². The van der Waals surface area contributed by atoms with Gasteiger partial charge in [-0.3, -0.25) is 0 Å². The third-order valence-electron chi connectivity index (χ3n) is 1.06. The van der Waals surface area contributed by atoms with E-state index in [0.717, 1.165) is 6.54 Å². The normalized spacial score (nSPS) is 12.0. The van der Waals surface area contributed by atoms with Gasteiger partial charge >= 0.3 is 6.18 Å². The zero-order valence-corrected chi connectivity index (χ0v) is 5.96. The van der Waals surface area contributed by atoms with Gasteiger partial charge in [-0.15, -0.1) is 0 Å². The molecule has 0 spiro atoms. The summed E-state index contributed by atoms with van der Waals surface area (Å²) < 4.78 is 34.4. The Morgan fingerprint density at radius 2 is 1.90 bits per heavy atom. The summed E-state index contributed by atoms with van der Waals surface area (Å²) in [6, 6.07) is 0. The Hall–Kier alpha value is -0.250. The fourth-order valence-electron chi connectivity index (χ4n) is 0.591. The molecule has 0 amide bonds. The van der Waals surface area contributed by atoms with Crippen molar-refractivity contribution in [2.24, 2.45) is 0 Å². The lowest BCUT2D eigenvalue weighted by atomic mass is 10.3. The van der Waals surface area contributed by atoms with Gasteiger partial charge in [-0.05, 0) is 19.5 Å². The minimum Gasteiger partial charge on any atom is -0.317 e. The van der Waals surface area contributed by atoms with Gasteiger partial charge < -0.3 is 5.32 Å². The van der Waals surface area contributed by atoms with Crippen LogP contribution < -0.4 is 5.32 Å². The van der Waals surface area contributed by atoms with Crippen LogP contribution in [-0.2, 0) is 0 Å². The second-order valence-corrected chi connectivity index (χ2v) is 2.07. The molecular weight excluding hydrogens is 143 g/mol. The number of alkyl halides is 3. The van der Waals surface area contributed by atoms with Gasteiger partial charge in [0.15, 0.2) is 0 Å². The molecule has 0 atom stereocenters. The van der Waals surface area contributed by atoms with E-state index >= 15 is 0 Å². The minimum absolute atomic E-state index is 0.178. The fourth-order valence-corrected chi connectivity index (χ4v) is 0.591. The molecule has 10 heavy (non-hydrogen) atoms. The second kappa shape index (κ2) is 4.55. The molecule has 0 aliphatic rings. The Bertz CT molecular complexity index is 79.6. The topological polar surface area (TPSA) is 12.0 Å². The summed E-state index contributed by atoms with van der Waals surface area (Å²) in [5.74, 6) is 0. The average Bonchev–Trinajstić information content (AvgIpc) is 1.78. The van der Waals surface area contributed by atoms with E-state index < -0.39 is 12.6 Å². The first-order valence-electron chi connectivity index (χ1n) is 3.33. The standard InChI is InChI=1S/C6H12F3N/c1-2-10-5-3-4-6(7,8)9/h10H,2-5H2,1H3. The van der Waals surface area contributed by atoms with Crippen LogP contribution in [0.15, 0.2) is 0 Å². The van der Waals surface area contributed by atoms with E-state index in [1.807, 2.05) is 6.92 Å². The highest BCUT2D eigenvalue weighted by Crippen LogP contribution is 2.20. The van der Waals surface area contributed by atoms with Crippen molar-refractivity contribution in [3.05, 3.63) is 0 Å². The van der Waals surface area contributed by atoms with Gasteiger partial charge in [-0.2, -0.15) is 13.2 Å².